The third kappa shape index (κ3) is 2.39. The van der Waals surface area contributed by atoms with Crippen molar-refractivity contribution < 1.29 is 15.0 Å². The maximum Gasteiger partial charge on any atom is 0.337 e. The van der Waals surface area contributed by atoms with E-state index >= 15 is 0 Å². The molecule has 0 spiro atoms. The van der Waals surface area contributed by atoms with Crippen LogP contribution in [0.25, 0.3) is 10.2 Å². The third-order valence-electron chi connectivity index (χ3n) is 2.86. The predicted molar refractivity (Wildman–Crippen MR) is 71.9 cm³/mol. The molecule has 0 bridgehead atoms. The number of rotatable bonds is 5. The number of aliphatic hydroxyl groups excluding tert-OH is 1. The molecule has 0 aliphatic heterocycles. The number of fused-ring (bicyclic) bond motifs is 1. The minimum atomic E-state index is -1.12. The van der Waals surface area contributed by atoms with E-state index in [0.29, 0.717) is 30.0 Å². The van der Waals surface area contributed by atoms with Crippen molar-refractivity contribution in [3.63, 3.8) is 0 Å². The number of aromatic carboxylic acids is 1. The van der Waals surface area contributed by atoms with Gasteiger partial charge in [0.05, 0.1) is 10.9 Å². The number of carboxylic acids is 1. The topological polar surface area (TPSA) is 92.4 Å². The summed E-state index contributed by atoms with van der Waals surface area (Å²) in [5.41, 5.74) is -0.341. The molecule has 0 radical (unpaired) electrons. The molecule has 2 heterocycles. The summed E-state index contributed by atoms with van der Waals surface area (Å²) in [5, 5.41) is 19.6. The Hall–Kier alpha value is -1.73. The lowest BCUT2D eigenvalue weighted by molar-refractivity contribution is 0.0699. The molecular formula is C12H14N2O4S. The zero-order valence-corrected chi connectivity index (χ0v) is 11.2. The lowest BCUT2D eigenvalue weighted by Crippen LogP contribution is -2.26. The van der Waals surface area contributed by atoms with Crippen LogP contribution in [0.5, 0.6) is 0 Å². The van der Waals surface area contributed by atoms with Gasteiger partial charge in [-0.1, -0.05) is 6.92 Å². The quantitative estimate of drug-likeness (QED) is 0.856. The smallest absolute Gasteiger partial charge is 0.337 e. The van der Waals surface area contributed by atoms with Gasteiger partial charge in [-0.05, 0) is 6.42 Å². The first-order chi connectivity index (χ1) is 9.10. The summed E-state index contributed by atoms with van der Waals surface area (Å²) < 4.78 is 1.46. The Kier molecular flexibility index (Phi) is 3.96. The van der Waals surface area contributed by atoms with Crippen LogP contribution in [0.2, 0.25) is 0 Å². The second-order valence-corrected chi connectivity index (χ2v) is 4.91. The van der Waals surface area contributed by atoms with Gasteiger partial charge < -0.3 is 10.2 Å². The van der Waals surface area contributed by atoms with E-state index in [0.717, 1.165) is 11.3 Å². The summed E-state index contributed by atoms with van der Waals surface area (Å²) in [5.74, 6) is -0.507. The number of aromatic nitrogens is 2. The van der Waals surface area contributed by atoms with Gasteiger partial charge in [0.1, 0.15) is 10.7 Å². The first-order valence-corrected chi connectivity index (χ1v) is 6.83. The Morgan fingerprint density at radius 1 is 1.53 bits per heavy atom. The minimum Gasteiger partial charge on any atom is -0.478 e. The second kappa shape index (κ2) is 5.50. The van der Waals surface area contributed by atoms with Crippen LogP contribution in [0, 0.1) is 0 Å². The fourth-order valence-corrected chi connectivity index (χ4v) is 2.87. The standard InChI is InChI=1S/C12H14N2O4S/c1-2-8-13-10-9(7(6-19-10)12(17)18)11(16)14(8)4-3-5-15/h6,15H,2-5H2,1H3,(H,17,18). The molecule has 2 N–H and O–H groups in total. The zero-order chi connectivity index (χ0) is 14.0. The fourth-order valence-electron chi connectivity index (χ4n) is 1.95. The molecule has 0 saturated heterocycles. The fraction of sp³-hybridized carbons (Fsp3) is 0.417. The maximum absolute atomic E-state index is 12.4. The van der Waals surface area contributed by atoms with E-state index in [1.54, 1.807) is 0 Å². The molecule has 19 heavy (non-hydrogen) atoms. The monoisotopic (exact) mass is 282 g/mol. The van der Waals surface area contributed by atoms with Gasteiger partial charge in [0, 0.05) is 25.0 Å². The zero-order valence-electron chi connectivity index (χ0n) is 10.4. The van der Waals surface area contributed by atoms with Gasteiger partial charge in [-0.15, -0.1) is 11.3 Å². The van der Waals surface area contributed by atoms with Crippen LogP contribution in [-0.4, -0.2) is 32.3 Å². The molecule has 102 valence electrons. The van der Waals surface area contributed by atoms with Crippen LogP contribution in [0.1, 0.15) is 29.5 Å². The van der Waals surface area contributed by atoms with Crippen LogP contribution in [0.4, 0.5) is 0 Å². The molecule has 0 aromatic carbocycles. The molecule has 0 aliphatic carbocycles. The lowest BCUT2D eigenvalue weighted by atomic mass is 10.2. The average Bonchev–Trinajstić information content (AvgIpc) is 2.81. The van der Waals surface area contributed by atoms with E-state index in [9.17, 15) is 9.59 Å². The summed E-state index contributed by atoms with van der Waals surface area (Å²) in [6.45, 7) is 2.20. The molecule has 0 saturated carbocycles. The normalized spacial score (nSPS) is 11.1. The first-order valence-electron chi connectivity index (χ1n) is 5.95. The molecule has 0 aliphatic rings. The Morgan fingerprint density at radius 3 is 2.84 bits per heavy atom. The maximum atomic E-state index is 12.4. The second-order valence-electron chi connectivity index (χ2n) is 4.05. The van der Waals surface area contributed by atoms with E-state index in [-0.39, 0.29) is 23.1 Å². The summed E-state index contributed by atoms with van der Waals surface area (Å²) in [4.78, 5) is 28.3. The van der Waals surface area contributed by atoms with Crippen LogP contribution >= 0.6 is 11.3 Å². The van der Waals surface area contributed by atoms with Crippen molar-refractivity contribution in [3.05, 3.63) is 27.1 Å². The summed E-state index contributed by atoms with van der Waals surface area (Å²) in [7, 11) is 0. The van der Waals surface area contributed by atoms with Gasteiger partial charge in [-0.25, -0.2) is 9.78 Å². The van der Waals surface area contributed by atoms with Crippen molar-refractivity contribution in [1.29, 1.82) is 0 Å². The van der Waals surface area contributed by atoms with E-state index in [1.807, 2.05) is 6.92 Å². The molecule has 6 nitrogen and oxygen atoms in total. The summed E-state index contributed by atoms with van der Waals surface area (Å²) >= 11 is 1.16. The molecule has 0 amide bonds. The molecule has 2 aromatic heterocycles. The molecule has 0 atom stereocenters. The number of hydrogen-bond donors (Lipinski definition) is 2. The van der Waals surface area contributed by atoms with Gasteiger partial charge in [0.2, 0.25) is 0 Å². The van der Waals surface area contributed by atoms with Crippen molar-refractivity contribution in [2.45, 2.75) is 26.3 Å². The van der Waals surface area contributed by atoms with Gasteiger partial charge >= 0.3 is 5.97 Å². The largest absolute Gasteiger partial charge is 0.478 e. The highest BCUT2D eigenvalue weighted by Gasteiger charge is 2.18. The average molecular weight is 282 g/mol. The highest BCUT2D eigenvalue weighted by Crippen LogP contribution is 2.21. The van der Waals surface area contributed by atoms with Crippen molar-refractivity contribution in [2.75, 3.05) is 6.61 Å². The van der Waals surface area contributed by atoms with Crippen molar-refractivity contribution in [1.82, 2.24) is 9.55 Å². The number of aliphatic hydroxyl groups is 1. The van der Waals surface area contributed by atoms with Crippen molar-refractivity contribution in [3.8, 4) is 0 Å². The highest BCUT2D eigenvalue weighted by molar-refractivity contribution is 7.17. The lowest BCUT2D eigenvalue weighted by Gasteiger charge is -2.10. The minimum absolute atomic E-state index is 0.00194. The Bertz CT molecular complexity index is 674. The van der Waals surface area contributed by atoms with Crippen molar-refractivity contribution in [2.24, 2.45) is 0 Å². The number of aryl methyl sites for hydroxylation is 1. The van der Waals surface area contributed by atoms with E-state index < -0.39 is 5.97 Å². The Morgan fingerprint density at radius 2 is 2.26 bits per heavy atom. The molecular weight excluding hydrogens is 268 g/mol. The molecule has 2 rings (SSSR count). The van der Waals surface area contributed by atoms with Crippen LogP contribution < -0.4 is 5.56 Å². The molecule has 0 fully saturated rings. The van der Waals surface area contributed by atoms with Gasteiger partial charge in [-0.2, -0.15) is 0 Å². The number of nitrogens with zero attached hydrogens (tertiary/aromatic N) is 2. The molecule has 7 heteroatoms. The first kappa shape index (κ1) is 13.7. The third-order valence-corrected chi connectivity index (χ3v) is 3.73. The van der Waals surface area contributed by atoms with E-state index in [4.69, 9.17) is 10.2 Å². The number of carbonyl (C=O) groups is 1. The SMILES string of the molecule is CCc1nc2scc(C(=O)O)c2c(=O)n1CCCO. The summed E-state index contributed by atoms with van der Waals surface area (Å²) in [6, 6.07) is 0. The number of carboxylic acid groups (broad SMARTS) is 1. The van der Waals surface area contributed by atoms with Gasteiger partial charge in [0.15, 0.2) is 0 Å². The molecule has 0 unspecified atom stereocenters. The van der Waals surface area contributed by atoms with E-state index in [2.05, 4.69) is 4.98 Å². The molecule has 2 aromatic rings. The number of hydrogen-bond acceptors (Lipinski definition) is 5. The number of thiophene rings is 1. The van der Waals surface area contributed by atoms with Crippen molar-refractivity contribution >= 4 is 27.5 Å². The predicted octanol–water partition coefficient (Wildman–Crippen LogP) is 1.10. The van der Waals surface area contributed by atoms with Gasteiger partial charge in [0.25, 0.3) is 5.56 Å². The van der Waals surface area contributed by atoms with Crippen LogP contribution in [0.15, 0.2) is 10.2 Å². The van der Waals surface area contributed by atoms with Crippen LogP contribution in [-0.2, 0) is 13.0 Å². The highest BCUT2D eigenvalue weighted by atomic mass is 32.1. The Labute approximate surface area is 113 Å². The van der Waals surface area contributed by atoms with Crippen LogP contribution in [0.3, 0.4) is 0 Å². The Balaban J connectivity index is 2.71. The summed E-state index contributed by atoms with van der Waals surface area (Å²) in [6.07, 6.45) is 1.02. The van der Waals surface area contributed by atoms with E-state index in [1.165, 1.54) is 9.95 Å². The van der Waals surface area contributed by atoms with Gasteiger partial charge in [-0.3, -0.25) is 9.36 Å².